The first kappa shape index (κ1) is 14.9. The van der Waals surface area contributed by atoms with Gasteiger partial charge in [-0.25, -0.2) is 0 Å². The molecule has 8 aromatic rings. The van der Waals surface area contributed by atoms with Crippen LogP contribution >= 0.6 is 0 Å². The molecule has 30 heavy (non-hydrogen) atoms. The third kappa shape index (κ3) is 1.63. The summed E-state index contributed by atoms with van der Waals surface area (Å²) in [6.45, 7) is 0. The summed E-state index contributed by atoms with van der Waals surface area (Å²) in [5.41, 5.74) is 4.81. The maximum Gasteiger partial charge on any atom is 0.0477 e. The lowest BCUT2D eigenvalue weighted by atomic mass is 9.90. The quantitative estimate of drug-likeness (QED) is 0.251. The summed E-state index contributed by atoms with van der Waals surface area (Å²) < 4.78 is 0. The van der Waals surface area contributed by atoms with Crippen LogP contribution in [0.1, 0.15) is 0 Å². The van der Waals surface area contributed by atoms with Gasteiger partial charge in [-0.3, -0.25) is 0 Å². The molecular formula is C28H16N2. The van der Waals surface area contributed by atoms with Gasteiger partial charge in [-0.1, -0.05) is 60.7 Å². The third-order valence-corrected chi connectivity index (χ3v) is 6.83. The van der Waals surface area contributed by atoms with E-state index >= 15 is 0 Å². The van der Waals surface area contributed by atoms with Crippen molar-refractivity contribution >= 4 is 75.9 Å². The highest BCUT2D eigenvalue weighted by Crippen LogP contribution is 2.44. The second-order valence-corrected chi connectivity index (χ2v) is 8.36. The number of nitrogens with one attached hydrogen (secondary N) is 2. The van der Waals surface area contributed by atoms with Crippen molar-refractivity contribution in [3.63, 3.8) is 0 Å². The van der Waals surface area contributed by atoms with E-state index in [1.54, 1.807) is 0 Å². The Balaban J connectivity index is 1.71. The summed E-state index contributed by atoms with van der Waals surface area (Å²) in [6.07, 6.45) is 0. The van der Waals surface area contributed by atoms with Gasteiger partial charge in [-0.15, -0.1) is 0 Å². The molecule has 0 radical (unpaired) electrons. The van der Waals surface area contributed by atoms with Crippen LogP contribution in [-0.2, 0) is 0 Å². The second-order valence-electron chi connectivity index (χ2n) is 8.36. The van der Waals surface area contributed by atoms with Crippen molar-refractivity contribution in [3.8, 4) is 0 Å². The lowest BCUT2D eigenvalue weighted by Crippen LogP contribution is -1.86. The fourth-order valence-corrected chi connectivity index (χ4v) is 5.64. The van der Waals surface area contributed by atoms with Gasteiger partial charge in [-0.05, 0) is 56.6 Å². The number of H-pyrrole nitrogens is 2. The molecule has 2 heteroatoms. The largest absolute Gasteiger partial charge is 0.354 e. The van der Waals surface area contributed by atoms with Gasteiger partial charge >= 0.3 is 0 Å². The maximum absolute atomic E-state index is 3.62. The maximum atomic E-state index is 3.62. The van der Waals surface area contributed by atoms with Crippen molar-refractivity contribution in [2.75, 3.05) is 0 Å². The minimum atomic E-state index is 1.20. The molecule has 0 fully saturated rings. The van der Waals surface area contributed by atoms with Crippen molar-refractivity contribution in [1.82, 2.24) is 9.97 Å². The fraction of sp³-hybridized carbons (Fsp3) is 0. The van der Waals surface area contributed by atoms with Gasteiger partial charge in [-0.2, -0.15) is 0 Å². The summed E-state index contributed by atoms with van der Waals surface area (Å²) in [5, 5.41) is 13.2. The molecule has 0 aliphatic heterocycles. The monoisotopic (exact) mass is 380 g/mol. The minimum Gasteiger partial charge on any atom is -0.354 e. The topological polar surface area (TPSA) is 31.6 Å². The van der Waals surface area contributed by atoms with E-state index in [9.17, 15) is 0 Å². The second kappa shape index (κ2) is 4.92. The number of hydrogen-bond donors (Lipinski definition) is 2. The Kier molecular flexibility index (Phi) is 2.44. The van der Waals surface area contributed by atoms with E-state index < -0.39 is 0 Å². The van der Waals surface area contributed by atoms with Gasteiger partial charge in [0.25, 0.3) is 0 Å². The highest BCUT2D eigenvalue weighted by molar-refractivity contribution is 6.37. The van der Waals surface area contributed by atoms with Crippen LogP contribution in [-0.4, -0.2) is 9.97 Å². The molecule has 0 saturated heterocycles. The zero-order valence-corrected chi connectivity index (χ0v) is 16.1. The molecule has 0 aliphatic rings. The predicted molar refractivity (Wildman–Crippen MR) is 129 cm³/mol. The molecular weight excluding hydrogens is 364 g/mol. The number of rotatable bonds is 0. The SMILES string of the molecule is c1ccc2c(c1)[nH]c1cc3ccc4cc5[nH]c6ccccc6c5c5ccc(c12)c3c45. The van der Waals surface area contributed by atoms with Gasteiger partial charge < -0.3 is 9.97 Å². The van der Waals surface area contributed by atoms with E-state index in [-0.39, 0.29) is 0 Å². The molecule has 0 aliphatic carbocycles. The smallest absolute Gasteiger partial charge is 0.0477 e. The third-order valence-electron chi connectivity index (χ3n) is 6.83. The van der Waals surface area contributed by atoms with Crippen LogP contribution in [0.2, 0.25) is 0 Å². The van der Waals surface area contributed by atoms with Gasteiger partial charge in [0.05, 0.1) is 0 Å². The van der Waals surface area contributed by atoms with Crippen LogP contribution in [0.15, 0.2) is 84.9 Å². The van der Waals surface area contributed by atoms with E-state index in [4.69, 9.17) is 0 Å². The van der Waals surface area contributed by atoms with Crippen molar-refractivity contribution in [2.24, 2.45) is 0 Å². The molecule has 8 rings (SSSR count). The van der Waals surface area contributed by atoms with Gasteiger partial charge in [0.2, 0.25) is 0 Å². The first-order chi connectivity index (χ1) is 14.9. The van der Waals surface area contributed by atoms with Crippen LogP contribution in [0.25, 0.3) is 75.9 Å². The van der Waals surface area contributed by atoms with Crippen molar-refractivity contribution in [2.45, 2.75) is 0 Å². The number of benzene rings is 6. The molecule has 6 aromatic carbocycles. The summed E-state index contributed by atoms with van der Waals surface area (Å²) in [4.78, 5) is 7.25. The van der Waals surface area contributed by atoms with E-state index in [1.165, 1.54) is 75.9 Å². The highest BCUT2D eigenvalue weighted by atomic mass is 14.7. The molecule has 2 N–H and O–H groups in total. The Morgan fingerprint density at radius 1 is 0.367 bits per heavy atom. The fourth-order valence-electron chi connectivity index (χ4n) is 5.64. The molecule has 138 valence electrons. The summed E-state index contributed by atoms with van der Waals surface area (Å²) in [5.74, 6) is 0. The van der Waals surface area contributed by atoms with E-state index in [0.29, 0.717) is 0 Å². The lowest BCUT2D eigenvalue weighted by Gasteiger charge is -2.13. The van der Waals surface area contributed by atoms with Crippen LogP contribution in [0.5, 0.6) is 0 Å². The average molecular weight is 380 g/mol. The summed E-state index contributed by atoms with van der Waals surface area (Å²) in [6, 6.07) is 31.1. The Morgan fingerprint density at radius 2 is 0.833 bits per heavy atom. The molecule has 2 heterocycles. The Morgan fingerprint density at radius 3 is 1.33 bits per heavy atom. The molecule has 0 unspecified atom stereocenters. The van der Waals surface area contributed by atoms with Crippen LogP contribution in [0.4, 0.5) is 0 Å². The van der Waals surface area contributed by atoms with Crippen LogP contribution < -0.4 is 0 Å². The molecule has 2 nitrogen and oxygen atoms in total. The normalized spacial score (nSPS) is 12.7. The average Bonchev–Trinajstić information content (AvgIpc) is 3.34. The zero-order chi connectivity index (χ0) is 19.4. The molecule has 0 bridgehead atoms. The zero-order valence-electron chi connectivity index (χ0n) is 16.1. The molecule has 0 amide bonds. The number of hydrogen-bond acceptors (Lipinski definition) is 0. The minimum absolute atomic E-state index is 1.20. The molecule has 0 saturated carbocycles. The molecule has 2 aromatic heterocycles. The van der Waals surface area contributed by atoms with E-state index in [1.807, 2.05) is 0 Å². The first-order valence-electron chi connectivity index (χ1n) is 10.4. The van der Waals surface area contributed by atoms with Crippen molar-refractivity contribution in [3.05, 3.63) is 84.9 Å². The van der Waals surface area contributed by atoms with E-state index in [2.05, 4.69) is 94.9 Å². The summed E-state index contributed by atoms with van der Waals surface area (Å²) in [7, 11) is 0. The van der Waals surface area contributed by atoms with Crippen molar-refractivity contribution < 1.29 is 0 Å². The number of fused-ring (bicyclic) bond motifs is 8. The Hall–Kier alpha value is -4.04. The van der Waals surface area contributed by atoms with Crippen LogP contribution in [0, 0.1) is 0 Å². The predicted octanol–water partition coefficient (Wildman–Crippen LogP) is 7.85. The van der Waals surface area contributed by atoms with Gasteiger partial charge in [0, 0.05) is 43.6 Å². The molecule has 0 atom stereocenters. The number of aromatic amines is 2. The highest BCUT2D eigenvalue weighted by Gasteiger charge is 2.17. The van der Waals surface area contributed by atoms with E-state index in [0.717, 1.165) is 0 Å². The molecule has 0 spiro atoms. The van der Waals surface area contributed by atoms with Crippen LogP contribution in [0.3, 0.4) is 0 Å². The number of aromatic nitrogens is 2. The first-order valence-corrected chi connectivity index (χ1v) is 10.4. The van der Waals surface area contributed by atoms with Crippen molar-refractivity contribution in [1.29, 1.82) is 0 Å². The van der Waals surface area contributed by atoms with Gasteiger partial charge in [0.15, 0.2) is 0 Å². The summed E-state index contributed by atoms with van der Waals surface area (Å²) >= 11 is 0. The van der Waals surface area contributed by atoms with Gasteiger partial charge in [0.1, 0.15) is 0 Å². The lowest BCUT2D eigenvalue weighted by molar-refractivity contribution is 1.55. The standard InChI is InChI=1S/C28H16N2/c1-3-7-21-17(5-1)27-19-11-12-20-26-16(10-9-15(25(19)26)13-23(27)29-21)14-24-28(20)18-6-2-4-8-22(18)30-24/h1-14,29-30H. The number of para-hydroxylation sites is 2. The Labute approximate surface area is 171 Å². The Bertz CT molecular complexity index is 1810.